The maximum Gasteiger partial charge on any atom is 0.272 e. The smallest absolute Gasteiger partial charge is 0.272 e. The Morgan fingerprint density at radius 1 is 1.07 bits per heavy atom. The molecule has 0 radical (unpaired) electrons. The second-order valence-electron chi connectivity index (χ2n) is 7.45. The lowest BCUT2D eigenvalue weighted by Gasteiger charge is -2.35. The van der Waals surface area contributed by atoms with Gasteiger partial charge in [0, 0.05) is 5.56 Å². The van der Waals surface area contributed by atoms with E-state index in [1.54, 1.807) is 25.3 Å². The molecule has 0 heterocycles. The lowest BCUT2D eigenvalue weighted by molar-refractivity contribution is 0.0358. The molecule has 27 heavy (non-hydrogen) atoms. The van der Waals surface area contributed by atoms with Gasteiger partial charge in [0.1, 0.15) is 5.75 Å². The van der Waals surface area contributed by atoms with Crippen molar-refractivity contribution in [3.05, 3.63) is 62.2 Å². The van der Waals surface area contributed by atoms with Gasteiger partial charge in [-0.3, -0.25) is 15.0 Å². The van der Waals surface area contributed by atoms with Crippen LogP contribution >= 0.6 is 22.6 Å². The average molecular weight is 480 g/mol. The molecule has 1 N–H and O–H groups in total. The fourth-order valence-corrected chi connectivity index (χ4v) is 3.58. The minimum Gasteiger partial charge on any atom is -0.496 e. The molecule has 0 aliphatic heterocycles. The van der Waals surface area contributed by atoms with Crippen LogP contribution in [0.2, 0.25) is 0 Å². The molecule has 2 aromatic carbocycles. The van der Waals surface area contributed by atoms with Gasteiger partial charge in [-0.2, -0.15) is 0 Å². The molecule has 5 nitrogen and oxygen atoms in total. The number of methoxy groups -OCH3 is 1. The van der Waals surface area contributed by atoms with Crippen molar-refractivity contribution in [3.8, 4) is 5.75 Å². The maximum absolute atomic E-state index is 13.2. The monoisotopic (exact) mass is 480 g/mol. The van der Waals surface area contributed by atoms with Crippen molar-refractivity contribution >= 4 is 34.4 Å². The molecule has 0 saturated carbocycles. The highest BCUT2D eigenvalue weighted by Crippen LogP contribution is 2.25. The van der Waals surface area contributed by atoms with E-state index in [1.165, 1.54) is 5.01 Å². The molecule has 2 aromatic rings. The zero-order valence-electron chi connectivity index (χ0n) is 16.5. The number of nitrogens with zero attached hydrogens (tertiary/aromatic N) is 1. The predicted molar refractivity (Wildman–Crippen MR) is 115 cm³/mol. The van der Waals surface area contributed by atoms with Crippen LogP contribution in [0.3, 0.4) is 0 Å². The van der Waals surface area contributed by atoms with Gasteiger partial charge in [0.15, 0.2) is 0 Å². The fraction of sp³-hybridized carbons (Fsp3) is 0.333. The second kappa shape index (κ2) is 8.29. The number of halogens is 1. The highest BCUT2D eigenvalue weighted by molar-refractivity contribution is 14.1. The third-order valence-corrected chi connectivity index (χ3v) is 5.10. The lowest BCUT2D eigenvalue weighted by Crippen LogP contribution is -2.56. The SMILES string of the molecule is COc1cccc(C(=O)NN(C(=O)c2cc(C)cc(C)c2)C(C)(C)C)c1I. The molecule has 0 aromatic heterocycles. The van der Waals surface area contributed by atoms with Crippen LogP contribution in [-0.4, -0.2) is 29.5 Å². The van der Waals surface area contributed by atoms with Crippen LogP contribution in [0.15, 0.2) is 36.4 Å². The van der Waals surface area contributed by atoms with E-state index >= 15 is 0 Å². The van der Waals surface area contributed by atoms with Crippen molar-refractivity contribution in [3.63, 3.8) is 0 Å². The molecule has 2 amide bonds. The summed E-state index contributed by atoms with van der Waals surface area (Å²) in [5.74, 6) is 0.0118. The van der Waals surface area contributed by atoms with Gasteiger partial charge in [0.05, 0.1) is 21.8 Å². The first kappa shape index (κ1) is 21.2. The van der Waals surface area contributed by atoms with Gasteiger partial charge in [-0.1, -0.05) is 23.3 Å². The van der Waals surface area contributed by atoms with Gasteiger partial charge in [0.25, 0.3) is 11.8 Å². The number of rotatable bonds is 3. The van der Waals surface area contributed by atoms with Crippen LogP contribution in [0.25, 0.3) is 0 Å². The van der Waals surface area contributed by atoms with Gasteiger partial charge in [0.2, 0.25) is 0 Å². The molecule has 0 spiro atoms. The Labute approximate surface area is 174 Å². The number of amides is 2. The van der Waals surface area contributed by atoms with Crippen LogP contribution in [0, 0.1) is 17.4 Å². The van der Waals surface area contributed by atoms with Crippen molar-refractivity contribution in [2.24, 2.45) is 0 Å². The minimum absolute atomic E-state index is 0.249. The van der Waals surface area contributed by atoms with E-state index < -0.39 is 5.54 Å². The first-order valence-corrected chi connectivity index (χ1v) is 9.69. The zero-order chi connectivity index (χ0) is 20.4. The van der Waals surface area contributed by atoms with Crippen molar-refractivity contribution in [2.75, 3.05) is 7.11 Å². The zero-order valence-corrected chi connectivity index (χ0v) is 18.7. The van der Waals surface area contributed by atoms with Crippen LogP contribution in [0.4, 0.5) is 0 Å². The summed E-state index contributed by atoms with van der Waals surface area (Å²) < 4.78 is 5.98. The van der Waals surface area contributed by atoms with Gasteiger partial charge < -0.3 is 4.74 Å². The normalized spacial score (nSPS) is 11.1. The topological polar surface area (TPSA) is 58.6 Å². The number of carbonyl (C=O) groups is 2. The molecule has 0 aliphatic carbocycles. The number of hydrogen-bond donors (Lipinski definition) is 1. The highest BCUT2D eigenvalue weighted by Gasteiger charge is 2.30. The summed E-state index contributed by atoms with van der Waals surface area (Å²) in [6, 6.07) is 10.9. The Balaban J connectivity index is 2.38. The van der Waals surface area contributed by atoms with E-state index in [-0.39, 0.29) is 11.8 Å². The van der Waals surface area contributed by atoms with E-state index in [9.17, 15) is 9.59 Å². The molecular formula is C21H25IN2O3. The molecule has 0 aliphatic rings. The van der Waals surface area contributed by atoms with E-state index in [0.29, 0.717) is 20.4 Å². The minimum atomic E-state index is -0.602. The van der Waals surface area contributed by atoms with E-state index in [1.807, 2.05) is 52.8 Å². The highest BCUT2D eigenvalue weighted by atomic mass is 127. The molecule has 0 unspecified atom stereocenters. The molecule has 0 fully saturated rings. The molecule has 6 heteroatoms. The van der Waals surface area contributed by atoms with Gasteiger partial charge >= 0.3 is 0 Å². The summed E-state index contributed by atoms with van der Waals surface area (Å²) in [7, 11) is 1.56. The van der Waals surface area contributed by atoms with E-state index in [0.717, 1.165) is 11.1 Å². The summed E-state index contributed by atoms with van der Waals surface area (Å²) in [5.41, 5.74) is 5.19. The number of ether oxygens (including phenoxy) is 1. The predicted octanol–water partition coefficient (Wildman–Crippen LogP) is 4.50. The van der Waals surface area contributed by atoms with Crippen molar-refractivity contribution in [2.45, 2.75) is 40.2 Å². The Bertz CT molecular complexity index is 852. The maximum atomic E-state index is 13.2. The molecular weight excluding hydrogens is 455 g/mol. The summed E-state index contributed by atoms with van der Waals surface area (Å²) in [5, 5.41) is 1.39. The Morgan fingerprint density at radius 3 is 2.19 bits per heavy atom. The molecule has 0 saturated heterocycles. The summed E-state index contributed by atoms with van der Waals surface area (Å²) in [6.45, 7) is 9.53. The summed E-state index contributed by atoms with van der Waals surface area (Å²) in [6.07, 6.45) is 0. The number of aryl methyl sites for hydroxylation is 2. The van der Waals surface area contributed by atoms with Crippen LogP contribution < -0.4 is 10.2 Å². The number of nitrogens with one attached hydrogen (secondary N) is 1. The van der Waals surface area contributed by atoms with Crippen molar-refractivity contribution in [1.82, 2.24) is 10.4 Å². The number of carbonyl (C=O) groups excluding carboxylic acids is 2. The first-order valence-electron chi connectivity index (χ1n) is 8.61. The number of benzene rings is 2. The van der Waals surface area contributed by atoms with Crippen LogP contribution in [-0.2, 0) is 0 Å². The molecule has 2 rings (SSSR count). The van der Waals surface area contributed by atoms with E-state index in [4.69, 9.17) is 4.74 Å². The second-order valence-corrected chi connectivity index (χ2v) is 8.53. The van der Waals surface area contributed by atoms with Gasteiger partial charge in [-0.25, -0.2) is 5.01 Å². The molecule has 144 valence electrons. The standard InChI is InChI=1S/C21H25IN2O3/c1-13-10-14(2)12-15(11-13)20(26)24(21(3,4)5)23-19(25)16-8-7-9-17(27-6)18(16)22/h7-12H,1-6H3,(H,23,25). The number of hydrogen-bond acceptors (Lipinski definition) is 3. The Morgan fingerprint density at radius 2 is 1.67 bits per heavy atom. The van der Waals surface area contributed by atoms with Gasteiger partial charge in [-0.15, -0.1) is 0 Å². The Kier molecular flexibility index (Phi) is 6.51. The third-order valence-electron chi connectivity index (χ3n) is 3.98. The van der Waals surface area contributed by atoms with Crippen molar-refractivity contribution < 1.29 is 14.3 Å². The molecule has 0 atom stereocenters. The number of hydrazine groups is 1. The van der Waals surface area contributed by atoms with Gasteiger partial charge in [-0.05, 0) is 81.5 Å². The van der Waals surface area contributed by atoms with Crippen molar-refractivity contribution in [1.29, 1.82) is 0 Å². The van der Waals surface area contributed by atoms with Crippen LogP contribution in [0.5, 0.6) is 5.75 Å². The Hall–Kier alpha value is -2.09. The molecule has 0 bridgehead atoms. The van der Waals surface area contributed by atoms with E-state index in [2.05, 4.69) is 28.0 Å². The third kappa shape index (κ3) is 5.00. The fourth-order valence-electron chi connectivity index (χ4n) is 2.76. The lowest BCUT2D eigenvalue weighted by atomic mass is 10.0. The largest absolute Gasteiger partial charge is 0.496 e. The van der Waals surface area contributed by atoms with Crippen LogP contribution in [0.1, 0.15) is 52.6 Å². The quantitative estimate of drug-likeness (QED) is 0.520. The average Bonchev–Trinajstić information content (AvgIpc) is 2.57. The summed E-state index contributed by atoms with van der Waals surface area (Å²) in [4.78, 5) is 26.1. The first-order chi connectivity index (χ1) is 12.5. The summed E-state index contributed by atoms with van der Waals surface area (Å²) >= 11 is 2.07.